The summed E-state index contributed by atoms with van der Waals surface area (Å²) in [6.45, 7) is 16.9. The fourth-order valence-electron chi connectivity index (χ4n) is 1.44. The van der Waals surface area contributed by atoms with E-state index in [0.29, 0.717) is 0 Å². The lowest BCUT2D eigenvalue weighted by Crippen LogP contribution is -2.27. The molecule has 0 heterocycles. The van der Waals surface area contributed by atoms with Crippen molar-refractivity contribution in [2.24, 2.45) is 0 Å². The highest BCUT2D eigenvalue weighted by molar-refractivity contribution is 6.81. The van der Waals surface area contributed by atoms with Gasteiger partial charge in [-0.25, -0.2) is 0 Å². The van der Waals surface area contributed by atoms with Crippen LogP contribution >= 0.6 is 0 Å². The number of hydrogen-bond donors (Lipinski definition) is 0. The molecule has 1 atom stereocenters. The Morgan fingerprint density at radius 2 is 1.46 bits per heavy atom. The highest BCUT2D eigenvalue weighted by atomic mass is 28.3. The van der Waals surface area contributed by atoms with Crippen molar-refractivity contribution in [3.05, 3.63) is 11.8 Å². The zero-order valence-corrected chi connectivity index (χ0v) is 12.4. The highest BCUT2D eigenvalue weighted by Crippen LogP contribution is 2.27. The Kier molecular flexibility index (Phi) is 4.66. The van der Waals surface area contributed by atoms with Gasteiger partial charge in [0, 0.05) is 0 Å². The molecule has 0 aromatic heterocycles. The molecule has 0 fully saturated rings. The Morgan fingerprint density at radius 3 is 1.69 bits per heavy atom. The summed E-state index contributed by atoms with van der Waals surface area (Å²) in [4.78, 5) is 0. The van der Waals surface area contributed by atoms with Gasteiger partial charge >= 0.3 is 0 Å². The fourth-order valence-corrected chi connectivity index (χ4v) is 4.34. The first kappa shape index (κ1) is 13.2. The van der Waals surface area contributed by atoms with Gasteiger partial charge in [-0.2, -0.15) is 0 Å². The smallest absolute Gasteiger partial charge is 0.0682 e. The van der Waals surface area contributed by atoms with Gasteiger partial charge in [-0.3, -0.25) is 0 Å². The molecule has 0 aliphatic heterocycles. The first-order valence-corrected chi connectivity index (χ1v) is 12.5. The van der Waals surface area contributed by atoms with Crippen LogP contribution < -0.4 is 0 Å². The molecule has 78 valence electrons. The van der Waals surface area contributed by atoms with Crippen molar-refractivity contribution < 1.29 is 0 Å². The van der Waals surface area contributed by atoms with Crippen LogP contribution in [-0.2, 0) is 0 Å². The molecule has 0 nitrogen and oxygen atoms in total. The molecule has 0 aliphatic carbocycles. The minimum Gasteiger partial charge on any atom is -0.0989 e. The molecule has 13 heavy (non-hydrogen) atoms. The van der Waals surface area contributed by atoms with Crippen molar-refractivity contribution >= 4 is 16.1 Å². The molecule has 0 aromatic rings. The van der Waals surface area contributed by atoms with Crippen LogP contribution in [0.25, 0.3) is 0 Å². The highest BCUT2D eigenvalue weighted by Gasteiger charge is 2.23. The van der Waals surface area contributed by atoms with Gasteiger partial charge < -0.3 is 0 Å². The summed E-state index contributed by atoms with van der Waals surface area (Å²) in [6, 6.07) is 0. The van der Waals surface area contributed by atoms with E-state index in [1.807, 2.05) is 0 Å². The van der Waals surface area contributed by atoms with Gasteiger partial charge in [-0.15, -0.1) is 0 Å². The molecule has 0 amide bonds. The lowest BCUT2D eigenvalue weighted by atomic mass is 10.3. The second kappa shape index (κ2) is 4.60. The Bertz CT molecular complexity index is 170. The lowest BCUT2D eigenvalue weighted by molar-refractivity contribution is 0.915. The van der Waals surface area contributed by atoms with E-state index in [1.54, 1.807) is 0 Å². The molecule has 0 bridgehead atoms. The molecule has 0 spiro atoms. The predicted molar refractivity (Wildman–Crippen MR) is 69.9 cm³/mol. The lowest BCUT2D eigenvalue weighted by Gasteiger charge is -2.25. The molecule has 0 aromatic carbocycles. The minimum absolute atomic E-state index is 0.874. The van der Waals surface area contributed by atoms with Crippen molar-refractivity contribution in [3.8, 4) is 0 Å². The number of hydrogen-bond acceptors (Lipinski definition) is 0. The Balaban J connectivity index is 4.39. The quantitative estimate of drug-likeness (QED) is 0.603. The third kappa shape index (κ3) is 6.27. The zero-order valence-electron chi connectivity index (χ0n) is 10.4. The second-order valence-electron chi connectivity index (χ2n) is 6.11. The van der Waals surface area contributed by atoms with E-state index in [9.17, 15) is 0 Å². The maximum atomic E-state index is 2.51. The maximum absolute atomic E-state index is 2.51. The van der Waals surface area contributed by atoms with Gasteiger partial charge in [0.25, 0.3) is 0 Å². The Morgan fingerprint density at radius 1 is 1.00 bits per heavy atom. The average molecular weight is 215 g/mol. The summed E-state index contributed by atoms with van der Waals surface area (Å²) in [5.74, 6) is 0. The topological polar surface area (TPSA) is 0 Å². The van der Waals surface area contributed by atoms with Crippen LogP contribution in [-0.4, -0.2) is 16.1 Å². The summed E-state index contributed by atoms with van der Waals surface area (Å²) in [5.41, 5.74) is 3.39. The van der Waals surface area contributed by atoms with Crippen molar-refractivity contribution in [3.63, 3.8) is 0 Å². The molecule has 0 saturated heterocycles. The molecular weight excluding hydrogens is 188 g/mol. The first-order valence-electron chi connectivity index (χ1n) is 5.36. The van der Waals surface area contributed by atoms with Crippen molar-refractivity contribution in [2.75, 3.05) is 0 Å². The molecule has 0 N–H and O–H groups in total. The van der Waals surface area contributed by atoms with E-state index in [1.165, 1.54) is 6.42 Å². The molecule has 0 radical (unpaired) electrons. The van der Waals surface area contributed by atoms with Gasteiger partial charge in [0.15, 0.2) is 0 Å². The van der Waals surface area contributed by atoms with E-state index < -0.39 is 16.1 Å². The SMILES string of the molecule is CCC(/C=C/[Si](C)(C)C)[Si](C)(C)C. The maximum Gasteiger partial charge on any atom is 0.0682 e. The van der Waals surface area contributed by atoms with Crippen LogP contribution in [0, 0.1) is 0 Å². The largest absolute Gasteiger partial charge is 0.0989 e. The third-order valence-corrected chi connectivity index (χ3v) is 6.40. The van der Waals surface area contributed by atoms with E-state index in [2.05, 4.69) is 58.0 Å². The number of rotatable bonds is 4. The van der Waals surface area contributed by atoms with Crippen LogP contribution in [0.15, 0.2) is 11.8 Å². The van der Waals surface area contributed by atoms with E-state index in [0.717, 1.165) is 5.54 Å². The van der Waals surface area contributed by atoms with E-state index in [4.69, 9.17) is 0 Å². The van der Waals surface area contributed by atoms with Crippen LogP contribution in [0.3, 0.4) is 0 Å². The zero-order chi connectivity index (χ0) is 10.7. The Labute approximate surface area is 86.5 Å². The van der Waals surface area contributed by atoms with Gasteiger partial charge in [0.05, 0.1) is 16.1 Å². The van der Waals surface area contributed by atoms with Gasteiger partial charge in [0.1, 0.15) is 0 Å². The number of allylic oxidation sites excluding steroid dienone is 1. The third-order valence-electron chi connectivity index (χ3n) is 2.38. The second-order valence-corrected chi connectivity index (χ2v) is 16.6. The van der Waals surface area contributed by atoms with Gasteiger partial charge in [0.2, 0.25) is 0 Å². The summed E-state index contributed by atoms with van der Waals surface area (Å²) >= 11 is 0. The molecule has 0 aliphatic rings. The van der Waals surface area contributed by atoms with Crippen molar-refractivity contribution in [2.45, 2.75) is 58.2 Å². The van der Waals surface area contributed by atoms with Crippen LogP contribution in [0.1, 0.15) is 13.3 Å². The minimum atomic E-state index is -0.973. The summed E-state index contributed by atoms with van der Waals surface area (Å²) in [6.07, 6.45) is 3.83. The van der Waals surface area contributed by atoms with Crippen LogP contribution in [0.4, 0.5) is 0 Å². The average Bonchev–Trinajstić information content (AvgIpc) is 1.82. The predicted octanol–water partition coefficient (Wildman–Crippen LogP) is 4.54. The van der Waals surface area contributed by atoms with Crippen molar-refractivity contribution in [1.29, 1.82) is 0 Å². The summed E-state index contributed by atoms with van der Waals surface area (Å²) in [7, 11) is -1.92. The fraction of sp³-hybridized carbons (Fsp3) is 0.818. The van der Waals surface area contributed by atoms with E-state index in [-0.39, 0.29) is 0 Å². The van der Waals surface area contributed by atoms with E-state index >= 15 is 0 Å². The van der Waals surface area contributed by atoms with Crippen LogP contribution in [0.2, 0.25) is 44.8 Å². The monoisotopic (exact) mass is 214 g/mol. The standard InChI is InChI=1S/C11H26Si2/c1-8-11(13(5,6)7)9-10-12(2,3)4/h9-11H,8H2,1-7H3/b10-9+. The summed E-state index contributed by atoms with van der Waals surface area (Å²) in [5, 5.41) is 0. The molecule has 0 saturated carbocycles. The normalized spacial score (nSPS) is 16.5. The first-order chi connectivity index (χ1) is 5.67. The summed E-state index contributed by atoms with van der Waals surface area (Å²) < 4.78 is 0. The van der Waals surface area contributed by atoms with Gasteiger partial charge in [-0.1, -0.05) is 64.4 Å². The van der Waals surface area contributed by atoms with Crippen LogP contribution in [0.5, 0.6) is 0 Å². The molecule has 1 unspecified atom stereocenters. The molecule has 2 heteroatoms. The van der Waals surface area contributed by atoms with Gasteiger partial charge in [-0.05, 0) is 5.54 Å². The molecular formula is C11H26Si2. The molecule has 0 rings (SSSR count). The Hall–Kier alpha value is 0.174. The van der Waals surface area contributed by atoms with Crippen molar-refractivity contribution in [1.82, 2.24) is 0 Å².